The van der Waals surface area contributed by atoms with Crippen LogP contribution in [-0.2, 0) is 24.3 Å². The van der Waals surface area contributed by atoms with E-state index in [-0.39, 0.29) is 0 Å². The lowest BCUT2D eigenvalue weighted by Crippen LogP contribution is -2.32. The first-order valence-corrected chi connectivity index (χ1v) is 8.47. The van der Waals surface area contributed by atoms with Gasteiger partial charge in [-0.05, 0) is 12.5 Å². The number of rotatable bonds is 6. The van der Waals surface area contributed by atoms with Crippen molar-refractivity contribution in [3.8, 4) is 0 Å². The van der Waals surface area contributed by atoms with Crippen LogP contribution in [0.2, 0.25) is 0 Å². The zero-order chi connectivity index (χ0) is 17.6. The number of hydrogen-bond acceptors (Lipinski definition) is 4. The summed E-state index contributed by atoms with van der Waals surface area (Å²) in [6, 6.07) is 10.4. The number of hydrogen-bond donors (Lipinski definition) is 1. The van der Waals surface area contributed by atoms with Gasteiger partial charge < -0.3 is 9.47 Å². The van der Waals surface area contributed by atoms with Crippen molar-refractivity contribution >= 4 is 24.2 Å². The molecule has 25 heavy (non-hydrogen) atoms. The third kappa shape index (κ3) is 4.09. The Morgan fingerprint density at radius 2 is 2.20 bits per heavy atom. The molecule has 6 nitrogen and oxygen atoms in total. The number of fused-ring (bicyclic) bond motifs is 1. The molecule has 1 aromatic heterocycles. The van der Waals surface area contributed by atoms with Crippen LogP contribution in [0, 0.1) is 0 Å². The highest BCUT2D eigenvalue weighted by molar-refractivity contribution is 6.30. The molecule has 2 aromatic rings. The van der Waals surface area contributed by atoms with Gasteiger partial charge in [0.05, 0.1) is 30.5 Å². The highest BCUT2D eigenvalue weighted by atomic mass is 35.5. The van der Waals surface area contributed by atoms with Crippen LogP contribution in [0.5, 0.6) is 0 Å². The summed E-state index contributed by atoms with van der Waals surface area (Å²) in [5.74, 6) is 0. The molecule has 0 bridgehead atoms. The number of nitrogens with one attached hydrogen (secondary N) is 1. The summed E-state index contributed by atoms with van der Waals surface area (Å²) in [5.41, 5.74) is 6.63. The number of benzene rings is 1. The summed E-state index contributed by atoms with van der Waals surface area (Å²) in [4.78, 5) is 17.1. The molecule has 1 aliphatic rings. The van der Waals surface area contributed by atoms with Crippen LogP contribution in [0.15, 0.2) is 52.5 Å². The second kappa shape index (κ2) is 7.98. The van der Waals surface area contributed by atoms with Gasteiger partial charge in [-0.2, -0.15) is 5.10 Å². The maximum Gasteiger partial charge on any atom is 0.227 e. The van der Waals surface area contributed by atoms with Crippen LogP contribution in [0.3, 0.4) is 0 Å². The summed E-state index contributed by atoms with van der Waals surface area (Å²) >= 11 is 6.20. The van der Waals surface area contributed by atoms with Crippen molar-refractivity contribution in [2.75, 3.05) is 6.54 Å². The normalized spacial score (nSPS) is 15.0. The average Bonchev–Trinajstić information content (AvgIpc) is 3.01. The molecule has 0 saturated carbocycles. The van der Waals surface area contributed by atoms with E-state index in [1.165, 1.54) is 11.3 Å². The van der Waals surface area contributed by atoms with Gasteiger partial charge in [-0.25, -0.2) is 10.4 Å². The number of imidazole rings is 1. The minimum absolute atomic E-state index is 0.525. The average molecular weight is 358 g/mol. The summed E-state index contributed by atoms with van der Waals surface area (Å²) in [6.07, 6.45) is 4.88. The van der Waals surface area contributed by atoms with Gasteiger partial charge in [0.2, 0.25) is 6.41 Å². The largest absolute Gasteiger partial charge is 0.363 e. The van der Waals surface area contributed by atoms with Gasteiger partial charge in [0.1, 0.15) is 0 Å². The molecule has 2 heterocycles. The Hall–Kier alpha value is -2.60. The van der Waals surface area contributed by atoms with Crippen molar-refractivity contribution in [2.24, 2.45) is 5.10 Å². The van der Waals surface area contributed by atoms with Crippen LogP contribution >= 0.6 is 11.6 Å². The maximum absolute atomic E-state index is 10.3. The number of nitrogens with zero attached hydrogens (tertiary/aromatic N) is 4. The predicted molar refractivity (Wildman–Crippen MR) is 98.1 cm³/mol. The van der Waals surface area contributed by atoms with E-state index in [2.05, 4.69) is 37.1 Å². The van der Waals surface area contributed by atoms with Crippen molar-refractivity contribution in [2.45, 2.75) is 26.4 Å². The predicted octanol–water partition coefficient (Wildman–Crippen LogP) is 2.49. The van der Waals surface area contributed by atoms with E-state index in [1.807, 2.05) is 31.5 Å². The van der Waals surface area contributed by atoms with E-state index in [0.717, 1.165) is 30.9 Å². The van der Waals surface area contributed by atoms with Crippen LogP contribution in [-0.4, -0.2) is 33.6 Å². The monoisotopic (exact) mass is 357 g/mol. The fourth-order valence-corrected chi connectivity index (χ4v) is 3.18. The topological polar surface area (TPSA) is 62.5 Å². The Morgan fingerprint density at radius 1 is 1.40 bits per heavy atom. The number of aromatic nitrogens is 2. The molecule has 1 N–H and O–H groups in total. The molecule has 3 rings (SSSR count). The van der Waals surface area contributed by atoms with Crippen LogP contribution in [0.25, 0.3) is 0 Å². The standard InChI is InChI=1S/C18H20ClN5O/c1-14(19)18(9-21-22-13-25)23-8-7-17-16(11-23)20-12-24(17)10-15-5-3-2-4-6-15/h2-6,9,12-13H,7-8,10-11H2,1H3,(H,22,25)/b18-14-,21-9-. The molecule has 0 unspecified atom stereocenters. The third-order valence-corrected chi connectivity index (χ3v) is 4.39. The lowest BCUT2D eigenvalue weighted by atomic mass is 10.1. The first-order chi connectivity index (χ1) is 12.2. The zero-order valence-electron chi connectivity index (χ0n) is 14.0. The van der Waals surface area contributed by atoms with Gasteiger partial charge in [-0.1, -0.05) is 41.9 Å². The summed E-state index contributed by atoms with van der Waals surface area (Å²) in [7, 11) is 0. The minimum atomic E-state index is 0.525. The first kappa shape index (κ1) is 17.2. The number of carbonyl (C=O) groups is 1. The molecule has 1 aromatic carbocycles. The molecule has 7 heteroatoms. The highest BCUT2D eigenvalue weighted by Crippen LogP contribution is 2.23. The molecule has 0 aliphatic carbocycles. The lowest BCUT2D eigenvalue weighted by molar-refractivity contribution is -0.109. The smallest absolute Gasteiger partial charge is 0.227 e. The quantitative estimate of drug-likeness (QED) is 0.491. The van der Waals surface area contributed by atoms with Crippen molar-refractivity contribution in [1.29, 1.82) is 0 Å². The summed E-state index contributed by atoms with van der Waals surface area (Å²) < 4.78 is 2.21. The Bertz CT molecular complexity index is 793. The number of carbonyl (C=O) groups excluding carboxylic acids is 1. The van der Waals surface area contributed by atoms with E-state index in [9.17, 15) is 4.79 Å². The molecular weight excluding hydrogens is 338 g/mol. The van der Waals surface area contributed by atoms with Gasteiger partial charge in [-0.15, -0.1) is 0 Å². The SMILES string of the molecule is C/C(Cl)=C(\C=N/NC=O)N1CCc2c(ncn2Cc2ccccc2)C1. The molecule has 0 saturated heterocycles. The fourth-order valence-electron chi connectivity index (χ4n) is 3.01. The minimum Gasteiger partial charge on any atom is -0.363 e. The number of hydrazone groups is 1. The molecular formula is C18H20ClN5O. The van der Waals surface area contributed by atoms with Gasteiger partial charge >= 0.3 is 0 Å². The lowest BCUT2D eigenvalue weighted by Gasteiger charge is -2.30. The van der Waals surface area contributed by atoms with Gasteiger partial charge in [-0.3, -0.25) is 4.79 Å². The molecule has 1 amide bonds. The second-order valence-electron chi connectivity index (χ2n) is 5.85. The van der Waals surface area contributed by atoms with Crippen molar-refractivity contribution in [1.82, 2.24) is 19.9 Å². The molecule has 0 radical (unpaired) electrons. The van der Waals surface area contributed by atoms with Gasteiger partial charge in [0.15, 0.2) is 0 Å². The van der Waals surface area contributed by atoms with E-state index in [4.69, 9.17) is 11.6 Å². The summed E-state index contributed by atoms with van der Waals surface area (Å²) in [5, 5.41) is 4.48. The Kier molecular flexibility index (Phi) is 5.50. The Morgan fingerprint density at radius 3 is 2.92 bits per heavy atom. The molecule has 0 spiro atoms. The van der Waals surface area contributed by atoms with E-state index in [0.29, 0.717) is 18.0 Å². The highest BCUT2D eigenvalue weighted by Gasteiger charge is 2.22. The van der Waals surface area contributed by atoms with Crippen LogP contribution in [0.1, 0.15) is 23.9 Å². The van der Waals surface area contributed by atoms with Crippen LogP contribution in [0.4, 0.5) is 0 Å². The van der Waals surface area contributed by atoms with Gasteiger partial charge in [0.25, 0.3) is 0 Å². The van der Waals surface area contributed by atoms with E-state index < -0.39 is 0 Å². The Labute approximate surface area is 151 Å². The van der Waals surface area contributed by atoms with Gasteiger partial charge in [0, 0.05) is 30.2 Å². The molecule has 130 valence electrons. The number of allylic oxidation sites excluding steroid dienone is 2. The van der Waals surface area contributed by atoms with E-state index in [1.54, 1.807) is 6.21 Å². The van der Waals surface area contributed by atoms with E-state index >= 15 is 0 Å². The van der Waals surface area contributed by atoms with Crippen molar-refractivity contribution in [3.05, 3.63) is 64.3 Å². The van der Waals surface area contributed by atoms with Crippen LogP contribution < -0.4 is 5.43 Å². The molecule has 1 aliphatic heterocycles. The van der Waals surface area contributed by atoms with Crippen molar-refractivity contribution in [3.63, 3.8) is 0 Å². The zero-order valence-corrected chi connectivity index (χ0v) is 14.8. The number of amides is 1. The fraction of sp³-hybridized carbons (Fsp3) is 0.278. The number of halogens is 1. The van der Waals surface area contributed by atoms with Crippen molar-refractivity contribution < 1.29 is 4.79 Å². The summed E-state index contributed by atoms with van der Waals surface area (Å²) in [6.45, 7) is 4.13. The molecule has 0 fully saturated rings. The second-order valence-corrected chi connectivity index (χ2v) is 6.41. The first-order valence-electron chi connectivity index (χ1n) is 8.09. The molecule has 0 atom stereocenters. The Balaban J connectivity index is 1.76. The maximum atomic E-state index is 10.3. The third-order valence-electron chi connectivity index (χ3n) is 4.20.